The third-order valence-electron chi connectivity index (χ3n) is 2.59. The van der Waals surface area contributed by atoms with E-state index in [0.717, 1.165) is 3.57 Å². The van der Waals surface area contributed by atoms with E-state index in [1.165, 1.54) is 19.2 Å². The van der Waals surface area contributed by atoms with Gasteiger partial charge >= 0.3 is 5.97 Å². The minimum absolute atomic E-state index is 0.280. The summed E-state index contributed by atoms with van der Waals surface area (Å²) >= 11 is 2.12. The fourth-order valence-electron chi connectivity index (χ4n) is 1.62. The number of aldehydes is 1. The van der Waals surface area contributed by atoms with Gasteiger partial charge in [0.25, 0.3) is 0 Å². The maximum atomic E-state index is 12.0. The van der Waals surface area contributed by atoms with Crippen molar-refractivity contribution in [1.82, 2.24) is 0 Å². The van der Waals surface area contributed by atoms with Crippen LogP contribution in [-0.4, -0.2) is 19.4 Å². The SMILES string of the molecule is COc1cc(C=O)ccc1OC(=O)c1cccc(I)c1. The Balaban J connectivity index is 2.25. The van der Waals surface area contributed by atoms with E-state index in [0.29, 0.717) is 23.2 Å². The lowest BCUT2D eigenvalue weighted by Crippen LogP contribution is -2.09. The molecule has 0 unspecified atom stereocenters. The number of hydrogen-bond acceptors (Lipinski definition) is 4. The van der Waals surface area contributed by atoms with Gasteiger partial charge in [-0.15, -0.1) is 0 Å². The van der Waals surface area contributed by atoms with E-state index in [9.17, 15) is 9.59 Å². The number of rotatable bonds is 4. The second-order valence-electron chi connectivity index (χ2n) is 3.93. The van der Waals surface area contributed by atoms with Crippen molar-refractivity contribution in [1.29, 1.82) is 0 Å². The van der Waals surface area contributed by atoms with Gasteiger partial charge in [0.2, 0.25) is 0 Å². The lowest BCUT2D eigenvalue weighted by atomic mass is 10.2. The number of benzene rings is 2. The van der Waals surface area contributed by atoms with Crippen LogP contribution in [0, 0.1) is 3.57 Å². The fourth-order valence-corrected chi connectivity index (χ4v) is 2.16. The molecule has 2 rings (SSSR count). The lowest BCUT2D eigenvalue weighted by Gasteiger charge is -2.09. The molecular weight excluding hydrogens is 371 g/mol. The second-order valence-corrected chi connectivity index (χ2v) is 5.17. The summed E-state index contributed by atoms with van der Waals surface area (Å²) in [7, 11) is 1.45. The van der Waals surface area contributed by atoms with Crippen molar-refractivity contribution in [3.05, 3.63) is 57.2 Å². The summed E-state index contributed by atoms with van der Waals surface area (Å²) in [5.41, 5.74) is 0.911. The largest absolute Gasteiger partial charge is 0.493 e. The van der Waals surface area contributed by atoms with Crippen molar-refractivity contribution in [2.45, 2.75) is 0 Å². The van der Waals surface area contributed by atoms with Crippen LogP contribution in [0.4, 0.5) is 0 Å². The molecular formula is C15H11IO4. The van der Waals surface area contributed by atoms with Crippen LogP contribution >= 0.6 is 22.6 Å². The molecule has 0 radical (unpaired) electrons. The molecule has 20 heavy (non-hydrogen) atoms. The molecule has 4 nitrogen and oxygen atoms in total. The summed E-state index contributed by atoms with van der Waals surface area (Å²) in [6.45, 7) is 0. The van der Waals surface area contributed by atoms with Crippen molar-refractivity contribution in [2.24, 2.45) is 0 Å². The molecule has 0 saturated carbocycles. The van der Waals surface area contributed by atoms with E-state index in [-0.39, 0.29) is 5.75 Å². The first kappa shape index (κ1) is 14.5. The summed E-state index contributed by atoms with van der Waals surface area (Å²) in [6.07, 6.45) is 0.702. The molecule has 0 saturated heterocycles. The zero-order chi connectivity index (χ0) is 14.5. The third-order valence-corrected chi connectivity index (χ3v) is 3.26. The van der Waals surface area contributed by atoms with E-state index in [4.69, 9.17) is 9.47 Å². The van der Waals surface area contributed by atoms with E-state index >= 15 is 0 Å². The zero-order valence-corrected chi connectivity index (χ0v) is 12.8. The van der Waals surface area contributed by atoms with Gasteiger partial charge in [0.15, 0.2) is 11.5 Å². The monoisotopic (exact) mass is 382 g/mol. The Hall–Kier alpha value is -1.89. The Morgan fingerprint density at radius 3 is 2.60 bits per heavy atom. The number of methoxy groups -OCH3 is 1. The van der Waals surface area contributed by atoms with Crippen molar-refractivity contribution in [3.63, 3.8) is 0 Å². The van der Waals surface area contributed by atoms with Crippen molar-refractivity contribution in [2.75, 3.05) is 7.11 Å². The van der Waals surface area contributed by atoms with Gasteiger partial charge in [-0.05, 0) is 59.0 Å². The van der Waals surface area contributed by atoms with Crippen molar-refractivity contribution in [3.8, 4) is 11.5 Å². The molecule has 0 N–H and O–H groups in total. The van der Waals surface area contributed by atoms with Crippen molar-refractivity contribution < 1.29 is 19.1 Å². The van der Waals surface area contributed by atoms with Crippen LogP contribution in [0.5, 0.6) is 11.5 Å². The molecule has 0 fully saturated rings. The average Bonchev–Trinajstić information content (AvgIpc) is 2.47. The molecule has 2 aromatic rings. The van der Waals surface area contributed by atoms with Crippen LogP contribution in [0.15, 0.2) is 42.5 Å². The fraction of sp³-hybridized carbons (Fsp3) is 0.0667. The number of halogens is 1. The zero-order valence-electron chi connectivity index (χ0n) is 10.6. The van der Waals surface area contributed by atoms with Crippen LogP contribution in [-0.2, 0) is 0 Å². The maximum Gasteiger partial charge on any atom is 0.343 e. The molecule has 0 amide bonds. The first-order chi connectivity index (χ1) is 9.63. The van der Waals surface area contributed by atoms with E-state index in [1.807, 2.05) is 6.07 Å². The molecule has 0 aliphatic rings. The number of carbonyl (C=O) groups excluding carboxylic acids is 2. The van der Waals surface area contributed by atoms with Crippen LogP contribution < -0.4 is 9.47 Å². The molecule has 0 spiro atoms. The van der Waals surface area contributed by atoms with Gasteiger partial charge < -0.3 is 9.47 Å². The average molecular weight is 382 g/mol. The number of hydrogen-bond donors (Lipinski definition) is 0. The summed E-state index contributed by atoms with van der Waals surface area (Å²) < 4.78 is 11.3. The molecule has 102 valence electrons. The molecule has 5 heteroatoms. The number of carbonyl (C=O) groups is 2. The van der Waals surface area contributed by atoms with E-state index in [1.54, 1.807) is 24.3 Å². The second kappa shape index (κ2) is 6.51. The summed E-state index contributed by atoms with van der Waals surface area (Å²) in [4.78, 5) is 22.7. The van der Waals surface area contributed by atoms with Gasteiger partial charge in [0, 0.05) is 9.13 Å². The highest BCUT2D eigenvalue weighted by Gasteiger charge is 2.13. The number of ether oxygens (including phenoxy) is 2. The molecule has 0 bridgehead atoms. The van der Waals surface area contributed by atoms with Crippen LogP contribution in [0.25, 0.3) is 0 Å². The normalized spacial score (nSPS) is 9.90. The first-order valence-electron chi connectivity index (χ1n) is 5.75. The van der Waals surface area contributed by atoms with Crippen molar-refractivity contribution >= 4 is 34.8 Å². The molecule has 0 aliphatic carbocycles. The summed E-state index contributed by atoms with van der Waals surface area (Å²) in [5, 5.41) is 0. The molecule has 0 aromatic heterocycles. The van der Waals surface area contributed by atoms with E-state index in [2.05, 4.69) is 22.6 Å². The Morgan fingerprint density at radius 1 is 1.15 bits per heavy atom. The molecule has 0 aliphatic heterocycles. The first-order valence-corrected chi connectivity index (χ1v) is 6.83. The number of esters is 1. The van der Waals surface area contributed by atoms with Gasteiger partial charge in [0.05, 0.1) is 12.7 Å². The summed E-state index contributed by atoms with van der Waals surface area (Å²) in [6, 6.07) is 11.7. The standard InChI is InChI=1S/C15H11IO4/c1-19-14-7-10(9-17)5-6-13(14)20-15(18)11-3-2-4-12(16)8-11/h2-9H,1H3. The Labute approximate surface area is 129 Å². The summed E-state index contributed by atoms with van der Waals surface area (Å²) in [5.74, 6) is 0.149. The Kier molecular flexibility index (Phi) is 4.73. The van der Waals surface area contributed by atoms with Crippen LogP contribution in [0.2, 0.25) is 0 Å². The predicted molar refractivity (Wildman–Crippen MR) is 82.5 cm³/mol. The van der Waals surface area contributed by atoms with E-state index < -0.39 is 5.97 Å². The molecule has 0 atom stereocenters. The minimum atomic E-state index is -0.472. The predicted octanol–water partition coefficient (Wildman–Crippen LogP) is 3.33. The topological polar surface area (TPSA) is 52.6 Å². The van der Waals surface area contributed by atoms with Gasteiger partial charge in [-0.2, -0.15) is 0 Å². The van der Waals surface area contributed by atoms with Gasteiger partial charge in [-0.1, -0.05) is 6.07 Å². The highest BCUT2D eigenvalue weighted by molar-refractivity contribution is 14.1. The van der Waals surface area contributed by atoms with Crippen LogP contribution in [0.3, 0.4) is 0 Å². The Morgan fingerprint density at radius 2 is 1.95 bits per heavy atom. The highest BCUT2D eigenvalue weighted by atomic mass is 127. The molecule has 2 aromatic carbocycles. The molecule has 0 heterocycles. The van der Waals surface area contributed by atoms with Gasteiger partial charge in [-0.25, -0.2) is 4.79 Å². The third kappa shape index (κ3) is 3.36. The van der Waals surface area contributed by atoms with Gasteiger partial charge in [-0.3, -0.25) is 4.79 Å². The minimum Gasteiger partial charge on any atom is -0.493 e. The van der Waals surface area contributed by atoms with Gasteiger partial charge in [0.1, 0.15) is 6.29 Å². The lowest BCUT2D eigenvalue weighted by molar-refractivity contribution is 0.0729. The Bertz CT molecular complexity index is 652. The smallest absolute Gasteiger partial charge is 0.343 e. The maximum absolute atomic E-state index is 12.0. The van der Waals surface area contributed by atoms with Crippen LogP contribution in [0.1, 0.15) is 20.7 Å². The quantitative estimate of drug-likeness (QED) is 0.352. The highest BCUT2D eigenvalue weighted by Crippen LogP contribution is 2.28.